The van der Waals surface area contributed by atoms with E-state index in [2.05, 4.69) is 32.6 Å². The second-order valence-corrected chi connectivity index (χ2v) is 5.09. The zero-order valence-electron chi connectivity index (χ0n) is 11.4. The average Bonchev–Trinajstić information content (AvgIpc) is 2.84. The first-order valence-electron chi connectivity index (χ1n) is 6.23. The molecule has 1 unspecified atom stereocenters. The van der Waals surface area contributed by atoms with Crippen LogP contribution in [0.2, 0.25) is 0 Å². The summed E-state index contributed by atoms with van der Waals surface area (Å²) in [5, 5.41) is 6.57. The minimum absolute atomic E-state index is 0.0687. The predicted octanol–water partition coefficient (Wildman–Crippen LogP) is 2.14. The fraction of sp³-hybridized carbons (Fsp3) is 0.462. The van der Waals surface area contributed by atoms with Gasteiger partial charge in [0, 0.05) is 29.9 Å². The number of aromatic nitrogens is 3. The largest absolute Gasteiger partial charge is 0.480 e. The van der Waals surface area contributed by atoms with E-state index in [4.69, 9.17) is 4.74 Å². The van der Waals surface area contributed by atoms with Crippen molar-refractivity contribution in [2.75, 3.05) is 13.7 Å². The van der Waals surface area contributed by atoms with E-state index in [1.54, 1.807) is 30.8 Å². The molecule has 0 aliphatic heterocycles. The number of methoxy groups -OCH3 is 1. The minimum atomic E-state index is 0.0687. The van der Waals surface area contributed by atoms with E-state index in [1.807, 2.05) is 6.92 Å². The highest BCUT2D eigenvalue weighted by Crippen LogP contribution is 2.24. The lowest BCUT2D eigenvalue weighted by atomic mass is 10.1. The molecular weight excluding hydrogens is 260 g/mol. The smallest absolute Gasteiger partial charge is 0.237 e. The summed E-state index contributed by atoms with van der Waals surface area (Å²) in [6.45, 7) is 4.93. The Morgan fingerprint density at radius 3 is 2.79 bits per heavy atom. The SMILES string of the molecule is CCNC(Cc1nc(C)cs1)c1nccnc1OC. The van der Waals surface area contributed by atoms with Gasteiger partial charge in [-0.15, -0.1) is 11.3 Å². The van der Waals surface area contributed by atoms with E-state index in [-0.39, 0.29) is 6.04 Å². The highest BCUT2D eigenvalue weighted by Gasteiger charge is 2.19. The molecule has 0 saturated carbocycles. The monoisotopic (exact) mass is 278 g/mol. The van der Waals surface area contributed by atoms with Gasteiger partial charge in [-0.3, -0.25) is 4.98 Å². The molecule has 0 amide bonds. The van der Waals surface area contributed by atoms with Gasteiger partial charge in [0.15, 0.2) is 0 Å². The molecule has 1 atom stereocenters. The summed E-state index contributed by atoms with van der Waals surface area (Å²) in [6.07, 6.45) is 4.12. The van der Waals surface area contributed by atoms with E-state index in [0.717, 1.165) is 29.4 Å². The van der Waals surface area contributed by atoms with Crippen LogP contribution in [0.1, 0.15) is 29.4 Å². The van der Waals surface area contributed by atoms with Gasteiger partial charge in [-0.1, -0.05) is 6.92 Å². The number of likely N-dealkylation sites (N-methyl/N-ethyl adjacent to an activating group) is 1. The van der Waals surface area contributed by atoms with Gasteiger partial charge in [0.25, 0.3) is 0 Å². The lowest BCUT2D eigenvalue weighted by molar-refractivity contribution is 0.377. The zero-order valence-corrected chi connectivity index (χ0v) is 12.2. The second kappa shape index (κ2) is 6.58. The maximum Gasteiger partial charge on any atom is 0.237 e. The van der Waals surface area contributed by atoms with Crippen molar-refractivity contribution in [1.82, 2.24) is 20.3 Å². The lowest BCUT2D eigenvalue weighted by Crippen LogP contribution is -2.24. The normalized spacial score (nSPS) is 12.4. The van der Waals surface area contributed by atoms with Crippen LogP contribution < -0.4 is 10.1 Å². The Morgan fingerprint density at radius 1 is 1.37 bits per heavy atom. The van der Waals surface area contributed by atoms with Crippen molar-refractivity contribution in [3.63, 3.8) is 0 Å². The maximum atomic E-state index is 5.28. The van der Waals surface area contributed by atoms with Crippen molar-refractivity contribution in [3.8, 4) is 5.88 Å². The molecule has 0 radical (unpaired) electrons. The number of thiazole rings is 1. The Hall–Kier alpha value is -1.53. The summed E-state index contributed by atoms with van der Waals surface area (Å²) < 4.78 is 5.28. The van der Waals surface area contributed by atoms with Crippen LogP contribution in [0.3, 0.4) is 0 Å². The van der Waals surface area contributed by atoms with Gasteiger partial charge in [0.1, 0.15) is 5.69 Å². The van der Waals surface area contributed by atoms with Crippen LogP contribution in [0.25, 0.3) is 0 Å². The van der Waals surface area contributed by atoms with Gasteiger partial charge in [0.2, 0.25) is 5.88 Å². The Balaban J connectivity index is 2.23. The van der Waals surface area contributed by atoms with Gasteiger partial charge < -0.3 is 10.1 Å². The molecule has 0 aliphatic rings. The number of hydrogen-bond acceptors (Lipinski definition) is 6. The molecule has 0 aromatic carbocycles. The van der Waals surface area contributed by atoms with Crippen LogP contribution in [-0.4, -0.2) is 28.6 Å². The zero-order chi connectivity index (χ0) is 13.7. The third kappa shape index (κ3) is 3.48. The van der Waals surface area contributed by atoms with Crippen molar-refractivity contribution < 1.29 is 4.74 Å². The van der Waals surface area contributed by atoms with Crippen LogP contribution in [0.4, 0.5) is 0 Å². The number of nitrogens with one attached hydrogen (secondary N) is 1. The third-order valence-corrected chi connectivity index (χ3v) is 3.70. The van der Waals surface area contributed by atoms with E-state index < -0.39 is 0 Å². The lowest BCUT2D eigenvalue weighted by Gasteiger charge is -2.17. The molecule has 102 valence electrons. The van der Waals surface area contributed by atoms with Crippen LogP contribution >= 0.6 is 11.3 Å². The molecule has 19 heavy (non-hydrogen) atoms. The van der Waals surface area contributed by atoms with E-state index in [0.29, 0.717) is 5.88 Å². The number of aryl methyl sites for hydroxylation is 1. The molecule has 0 fully saturated rings. The van der Waals surface area contributed by atoms with Crippen molar-refractivity contribution in [2.45, 2.75) is 26.3 Å². The summed E-state index contributed by atoms with van der Waals surface area (Å²) in [5.41, 5.74) is 1.89. The molecule has 6 heteroatoms. The highest BCUT2D eigenvalue weighted by atomic mass is 32.1. The molecular formula is C13H18N4OS. The van der Waals surface area contributed by atoms with Crippen LogP contribution in [-0.2, 0) is 6.42 Å². The first-order chi connectivity index (χ1) is 9.24. The number of ether oxygens (including phenoxy) is 1. The van der Waals surface area contributed by atoms with Crippen molar-refractivity contribution >= 4 is 11.3 Å². The molecule has 2 rings (SSSR count). The van der Waals surface area contributed by atoms with Crippen molar-refractivity contribution in [1.29, 1.82) is 0 Å². The third-order valence-electron chi connectivity index (χ3n) is 2.71. The van der Waals surface area contributed by atoms with Crippen molar-refractivity contribution in [2.24, 2.45) is 0 Å². The number of rotatable bonds is 6. The van der Waals surface area contributed by atoms with E-state index >= 15 is 0 Å². The standard InChI is InChI=1S/C13H18N4OS/c1-4-14-10(7-11-17-9(2)8-19-11)12-13(18-3)16-6-5-15-12/h5-6,8,10,14H,4,7H2,1-3H3. The predicted molar refractivity (Wildman–Crippen MR) is 75.6 cm³/mol. The van der Waals surface area contributed by atoms with Gasteiger partial charge >= 0.3 is 0 Å². The molecule has 5 nitrogen and oxygen atoms in total. The Morgan fingerprint density at radius 2 is 2.16 bits per heavy atom. The Bertz CT molecular complexity index is 529. The molecule has 0 aliphatic carbocycles. The van der Waals surface area contributed by atoms with Gasteiger partial charge in [0.05, 0.1) is 18.2 Å². The average molecular weight is 278 g/mol. The highest BCUT2D eigenvalue weighted by molar-refractivity contribution is 7.09. The Kier molecular flexibility index (Phi) is 4.81. The van der Waals surface area contributed by atoms with Crippen LogP contribution in [0.15, 0.2) is 17.8 Å². The van der Waals surface area contributed by atoms with Gasteiger partial charge in [-0.05, 0) is 13.5 Å². The summed E-state index contributed by atoms with van der Waals surface area (Å²) in [4.78, 5) is 13.1. The van der Waals surface area contributed by atoms with Crippen LogP contribution in [0, 0.1) is 6.92 Å². The summed E-state index contributed by atoms with van der Waals surface area (Å²) in [5.74, 6) is 0.571. The van der Waals surface area contributed by atoms with Crippen LogP contribution in [0.5, 0.6) is 5.88 Å². The van der Waals surface area contributed by atoms with Gasteiger partial charge in [-0.25, -0.2) is 9.97 Å². The number of nitrogens with zero attached hydrogens (tertiary/aromatic N) is 3. The van der Waals surface area contributed by atoms with Crippen molar-refractivity contribution in [3.05, 3.63) is 34.2 Å². The first-order valence-corrected chi connectivity index (χ1v) is 7.11. The molecule has 2 aromatic heterocycles. The minimum Gasteiger partial charge on any atom is -0.480 e. The summed E-state index contributed by atoms with van der Waals surface area (Å²) in [7, 11) is 1.62. The molecule has 0 bridgehead atoms. The molecule has 0 spiro atoms. The second-order valence-electron chi connectivity index (χ2n) is 4.15. The molecule has 0 saturated heterocycles. The Labute approximate surface area is 117 Å². The summed E-state index contributed by atoms with van der Waals surface area (Å²) >= 11 is 1.67. The summed E-state index contributed by atoms with van der Waals surface area (Å²) in [6, 6.07) is 0.0687. The van der Waals surface area contributed by atoms with E-state index in [9.17, 15) is 0 Å². The fourth-order valence-electron chi connectivity index (χ4n) is 1.92. The van der Waals surface area contributed by atoms with E-state index in [1.165, 1.54) is 0 Å². The molecule has 2 aromatic rings. The van der Waals surface area contributed by atoms with Gasteiger partial charge in [-0.2, -0.15) is 0 Å². The fourth-order valence-corrected chi connectivity index (χ4v) is 2.73. The quantitative estimate of drug-likeness (QED) is 0.877. The number of hydrogen-bond donors (Lipinski definition) is 1. The first kappa shape index (κ1) is 13.9. The topological polar surface area (TPSA) is 59.9 Å². The maximum absolute atomic E-state index is 5.28. The molecule has 2 heterocycles. The molecule has 1 N–H and O–H groups in total.